The normalized spacial score (nSPS) is 12.7. The second kappa shape index (κ2) is 13.3. The van der Waals surface area contributed by atoms with Crippen LogP contribution in [-0.2, 0) is 43.7 Å². The Balaban J connectivity index is 1.98. The van der Waals surface area contributed by atoms with Gasteiger partial charge in [-0.25, -0.2) is 14.1 Å². The molecule has 0 aliphatic carbocycles. The summed E-state index contributed by atoms with van der Waals surface area (Å²) < 4.78 is 62.7. The summed E-state index contributed by atoms with van der Waals surface area (Å²) in [6, 6.07) is 3.28. The minimum Gasteiger partial charge on any atom is -0.432 e. The maximum absolute atomic E-state index is 13.6. The van der Waals surface area contributed by atoms with Crippen molar-refractivity contribution in [2.24, 2.45) is 0 Å². The van der Waals surface area contributed by atoms with Gasteiger partial charge in [-0.15, -0.1) is 5.10 Å². The smallest absolute Gasteiger partial charge is 0.432 e. The molecule has 2 N–H and O–H groups in total. The van der Waals surface area contributed by atoms with Crippen molar-refractivity contribution in [2.75, 3.05) is 25.7 Å². The average molecular weight is 536 g/mol. The van der Waals surface area contributed by atoms with Crippen molar-refractivity contribution in [1.29, 1.82) is 0 Å². The molecular formula is C20H30FN4O10P. The van der Waals surface area contributed by atoms with Gasteiger partial charge in [0.15, 0.2) is 5.82 Å². The third kappa shape index (κ3) is 9.57. The highest BCUT2D eigenvalue weighted by Crippen LogP contribution is 2.48. The number of anilines is 1. The zero-order chi connectivity index (χ0) is 26.9. The monoisotopic (exact) mass is 536 g/mol. The lowest BCUT2D eigenvalue weighted by Crippen LogP contribution is -2.19. The van der Waals surface area contributed by atoms with Gasteiger partial charge in [-0.1, -0.05) is 0 Å². The van der Waals surface area contributed by atoms with Gasteiger partial charge in [0.2, 0.25) is 13.6 Å². The SMILES string of the molecule is CC(C)OC(=O)OCOP(=O)(CO[C@@H](C)Cc1ccc2c(N)nc(F)nn12)OCOC(=O)OC(C)C. The molecule has 2 rings (SSSR count). The van der Waals surface area contributed by atoms with Crippen LogP contribution in [0.2, 0.25) is 0 Å². The van der Waals surface area contributed by atoms with E-state index in [1.54, 1.807) is 46.8 Å². The number of ether oxygens (including phenoxy) is 5. The highest BCUT2D eigenvalue weighted by Gasteiger charge is 2.29. The number of hydrogen-bond donors (Lipinski definition) is 1. The Labute approximate surface area is 206 Å². The predicted octanol–water partition coefficient (Wildman–Crippen LogP) is 3.62. The summed E-state index contributed by atoms with van der Waals surface area (Å²) in [6.45, 7) is 6.54. The van der Waals surface area contributed by atoms with Gasteiger partial charge in [0.05, 0.1) is 18.3 Å². The number of nitrogens with zero attached hydrogens (tertiary/aromatic N) is 3. The van der Waals surface area contributed by atoms with Gasteiger partial charge in [-0.3, -0.25) is 13.6 Å². The molecule has 202 valence electrons. The van der Waals surface area contributed by atoms with Gasteiger partial charge in [-0.2, -0.15) is 9.37 Å². The van der Waals surface area contributed by atoms with E-state index in [0.29, 0.717) is 11.2 Å². The number of halogens is 1. The molecular weight excluding hydrogens is 506 g/mol. The zero-order valence-corrected chi connectivity index (χ0v) is 21.4. The summed E-state index contributed by atoms with van der Waals surface area (Å²) in [6.07, 6.45) is -4.96. The molecule has 2 aromatic heterocycles. The van der Waals surface area contributed by atoms with E-state index >= 15 is 0 Å². The van der Waals surface area contributed by atoms with Crippen molar-refractivity contribution in [2.45, 2.75) is 59.4 Å². The number of rotatable bonds is 13. The average Bonchev–Trinajstić information content (AvgIpc) is 3.14. The molecule has 0 radical (unpaired) electrons. The van der Waals surface area contributed by atoms with E-state index in [2.05, 4.69) is 10.1 Å². The Morgan fingerprint density at radius 1 is 1.03 bits per heavy atom. The predicted molar refractivity (Wildman–Crippen MR) is 121 cm³/mol. The van der Waals surface area contributed by atoms with Crippen LogP contribution in [0, 0.1) is 6.08 Å². The fourth-order valence-corrected chi connectivity index (χ4v) is 3.73. The first-order valence-electron chi connectivity index (χ1n) is 10.8. The van der Waals surface area contributed by atoms with Crippen LogP contribution in [0.5, 0.6) is 0 Å². The number of carbonyl (C=O) groups excluding carboxylic acids is 2. The first-order valence-corrected chi connectivity index (χ1v) is 12.6. The third-order valence-electron chi connectivity index (χ3n) is 4.12. The molecule has 1 atom stereocenters. The Morgan fingerprint density at radius 3 is 2.11 bits per heavy atom. The van der Waals surface area contributed by atoms with Gasteiger partial charge in [0.25, 0.3) is 0 Å². The largest absolute Gasteiger partial charge is 0.510 e. The Kier molecular flexibility index (Phi) is 10.8. The van der Waals surface area contributed by atoms with Gasteiger partial charge in [0, 0.05) is 12.1 Å². The highest BCUT2D eigenvalue weighted by atomic mass is 31.2. The Hall–Kier alpha value is -3.00. The Morgan fingerprint density at radius 2 is 1.58 bits per heavy atom. The van der Waals surface area contributed by atoms with E-state index in [0.717, 1.165) is 0 Å². The summed E-state index contributed by atoms with van der Waals surface area (Å²) in [5.74, 6) is -0.0272. The number of nitrogens with two attached hydrogens (primary N) is 1. The van der Waals surface area contributed by atoms with E-state index in [-0.39, 0.29) is 12.2 Å². The van der Waals surface area contributed by atoms with Crippen LogP contribution in [0.15, 0.2) is 12.1 Å². The maximum atomic E-state index is 13.6. The maximum Gasteiger partial charge on any atom is 0.510 e. The molecule has 0 saturated heterocycles. The van der Waals surface area contributed by atoms with E-state index in [9.17, 15) is 18.5 Å². The summed E-state index contributed by atoms with van der Waals surface area (Å²) in [5, 5.41) is 3.69. The molecule has 0 saturated carbocycles. The van der Waals surface area contributed by atoms with Crippen LogP contribution in [0.1, 0.15) is 40.3 Å². The number of fused-ring (bicyclic) bond motifs is 1. The summed E-state index contributed by atoms with van der Waals surface area (Å²) in [7, 11) is -4.11. The molecule has 0 aliphatic heterocycles. The van der Waals surface area contributed by atoms with Crippen LogP contribution in [0.3, 0.4) is 0 Å². The lowest BCUT2D eigenvalue weighted by atomic mass is 10.2. The molecule has 0 bridgehead atoms. The van der Waals surface area contributed by atoms with Gasteiger partial charge >= 0.3 is 26.0 Å². The van der Waals surface area contributed by atoms with E-state index in [1.165, 1.54) is 4.52 Å². The zero-order valence-electron chi connectivity index (χ0n) is 20.5. The van der Waals surface area contributed by atoms with E-state index < -0.39 is 64.2 Å². The van der Waals surface area contributed by atoms with Crippen molar-refractivity contribution >= 4 is 31.2 Å². The van der Waals surface area contributed by atoms with Crippen LogP contribution in [-0.4, -0.2) is 65.2 Å². The summed E-state index contributed by atoms with van der Waals surface area (Å²) in [5.41, 5.74) is 6.66. The van der Waals surface area contributed by atoms with Crippen LogP contribution >= 0.6 is 7.60 Å². The number of nitrogen functional groups attached to an aromatic ring is 1. The summed E-state index contributed by atoms with van der Waals surface area (Å²) >= 11 is 0. The first-order chi connectivity index (χ1) is 16.9. The topological polar surface area (TPSA) is 172 Å². The molecule has 2 aromatic rings. The first kappa shape index (κ1) is 29.2. The molecule has 0 aromatic carbocycles. The minimum atomic E-state index is -4.11. The van der Waals surface area contributed by atoms with Crippen LogP contribution in [0.4, 0.5) is 19.8 Å². The summed E-state index contributed by atoms with van der Waals surface area (Å²) in [4.78, 5) is 26.5. The Bertz CT molecular complexity index is 1050. The molecule has 14 nitrogen and oxygen atoms in total. The van der Waals surface area contributed by atoms with E-state index in [4.69, 9.17) is 38.5 Å². The molecule has 0 spiro atoms. The van der Waals surface area contributed by atoms with Gasteiger partial charge in [-0.05, 0) is 46.8 Å². The second-order valence-corrected chi connectivity index (χ2v) is 9.92. The molecule has 2 heterocycles. The lowest BCUT2D eigenvalue weighted by Gasteiger charge is -2.21. The molecule has 0 aliphatic rings. The minimum absolute atomic E-state index is 0.0272. The molecule has 0 unspecified atom stereocenters. The van der Waals surface area contributed by atoms with Crippen molar-refractivity contribution < 1.29 is 51.3 Å². The van der Waals surface area contributed by atoms with Crippen molar-refractivity contribution in [3.63, 3.8) is 0 Å². The fourth-order valence-electron chi connectivity index (χ4n) is 2.65. The standard InChI is InChI=1S/C20H30FN4O10P/c1-12(2)34-19(26)29-9-32-36(28,33-10-30-20(27)35-13(3)4)11-31-14(5)8-15-6-7-16-17(22)23-18(21)24-25(15)16/h6-7,12-14H,8-11H2,1-5H3,(H2,22,23,24)/t14-/m0/s1. The van der Waals surface area contributed by atoms with Gasteiger partial charge < -0.3 is 29.4 Å². The molecule has 0 amide bonds. The molecule has 0 fully saturated rings. The lowest BCUT2D eigenvalue weighted by molar-refractivity contribution is -0.0364. The second-order valence-electron chi connectivity index (χ2n) is 7.92. The molecule has 36 heavy (non-hydrogen) atoms. The van der Waals surface area contributed by atoms with Crippen molar-refractivity contribution in [3.05, 3.63) is 23.9 Å². The fraction of sp³-hybridized carbons (Fsp3) is 0.600. The number of carbonyl (C=O) groups is 2. The quantitative estimate of drug-likeness (QED) is 0.224. The highest BCUT2D eigenvalue weighted by molar-refractivity contribution is 7.53. The number of aromatic nitrogens is 3. The van der Waals surface area contributed by atoms with Crippen molar-refractivity contribution in [1.82, 2.24) is 14.6 Å². The molecule has 16 heteroatoms. The van der Waals surface area contributed by atoms with Crippen LogP contribution < -0.4 is 5.73 Å². The van der Waals surface area contributed by atoms with Gasteiger partial charge in [0.1, 0.15) is 11.9 Å². The third-order valence-corrected chi connectivity index (χ3v) is 5.58. The van der Waals surface area contributed by atoms with E-state index in [1.807, 2.05) is 0 Å². The number of hydrogen-bond acceptors (Lipinski definition) is 13. The van der Waals surface area contributed by atoms with Crippen LogP contribution in [0.25, 0.3) is 5.52 Å². The van der Waals surface area contributed by atoms with Crippen molar-refractivity contribution in [3.8, 4) is 0 Å².